The van der Waals surface area contributed by atoms with Crippen molar-refractivity contribution in [3.05, 3.63) is 35.4 Å². The number of carboxylic acid groups (broad SMARTS) is 1. The molecule has 1 saturated heterocycles. The standard InChI is InChI=1S/C15H18N2O4/c18-10-7-12(15(20)21)17(8-10)14(19)13-11-4-2-1-3-9(11)5-6-16-13/h1-4,10,12-13,16,18H,5-8H2,(H,20,21)/t10-,12-,13?/m0/s1. The van der Waals surface area contributed by atoms with Crippen LogP contribution >= 0.6 is 0 Å². The van der Waals surface area contributed by atoms with Crippen molar-refractivity contribution in [3.8, 4) is 0 Å². The monoisotopic (exact) mass is 290 g/mol. The molecule has 2 aliphatic rings. The van der Waals surface area contributed by atoms with Crippen LogP contribution in [-0.4, -0.2) is 52.2 Å². The van der Waals surface area contributed by atoms with Gasteiger partial charge in [0.15, 0.2) is 0 Å². The molecule has 0 aromatic heterocycles. The van der Waals surface area contributed by atoms with E-state index < -0.39 is 24.2 Å². The molecule has 2 heterocycles. The Labute approximate surface area is 122 Å². The van der Waals surface area contributed by atoms with Crippen LogP contribution in [0.3, 0.4) is 0 Å². The Kier molecular flexibility index (Phi) is 3.65. The summed E-state index contributed by atoms with van der Waals surface area (Å²) in [6.45, 7) is 0.762. The number of carbonyl (C=O) groups excluding carboxylic acids is 1. The van der Waals surface area contributed by atoms with Gasteiger partial charge >= 0.3 is 5.97 Å². The number of nitrogens with one attached hydrogen (secondary N) is 1. The first-order valence-electron chi connectivity index (χ1n) is 7.10. The molecule has 1 fully saturated rings. The number of likely N-dealkylation sites (tertiary alicyclic amines) is 1. The third-order valence-corrected chi connectivity index (χ3v) is 4.20. The van der Waals surface area contributed by atoms with E-state index in [1.54, 1.807) is 0 Å². The number of benzene rings is 1. The van der Waals surface area contributed by atoms with Gasteiger partial charge in [-0.15, -0.1) is 0 Å². The highest BCUT2D eigenvalue weighted by Crippen LogP contribution is 2.28. The average Bonchev–Trinajstić information content (AvgIpc) is 2.88. The lowest BCUT2D eigenvalue weighted by Gasteiger charge is -2.31. The van der Waals surface area contributed by atoms with E-state index in [4.69, 9.17) is 0 Å². The van der Waals surface area contributed by atoms with Gasteiger partial charge in [0.05, 0.1) is 6.10 Å². The van der Waals surface area contributed by atoms with Gasteiger partial charge in [0.2, 0.25) is 5.91 Å². The first-order chi connectivity index (χ1) is 10.1. The molecule has 1 aromatic rings. The number of fused-ring (bicyclic) bond motifs is 1. The fourth-order valence-corrected chi connectivity index (χ4v) is 3.18. The normalized spacial score (nSPS) is 28.2. The third-order valence-electron chi connectivity index (χ3n) is 4.20. The second-order valence-electron chi connectivity index (χ2n) is 5.57. The molecule has 6 nitrogen and oxygen atoms in total. The SMILES string of the molecule is O=C(O)[C@@H]1C[C@H](O)CN1C(=O)C1NCCc2ccccc21. The lowest BCUT2D eigenvalue weighted by atomic mass is 9.93. The van der Waals surface area contributed by atoms with Gasteiger partial charge in [0.25, 0.3) is 0 Å². The number of nitrogens with zero attached hydrogens (tertiary/aromatic N) is 1. The summed E-state index contributed by atoms with van der Waals surface area (Å²) in [5.41, 5.74) is 2.01. The molecular weight excluding hydrogens is 272 g/mol. The molecule has 21 heavy (non-hydrogen) atoms. The fourth-order valence-electron chi connectivity index (χ4n) is 3.18. The summed E-state index contributed by atoms with van der Waals surface area (Å²) in [6.07, 6.45) is 0.175. The summed E-state index contributed by atoms with van der Waals surface area (Å²) >= 11 is 0. The lowest BCUT2D eigenvalue weighted by molar-refractivity contribution is -0.149. The summed E-state index contributed by atoms with van der Waals surface area (Å²) < 4.78 is 0. The van der Waals surface area contributed by atoms with Crippen LogP contribution in [0.4, 0.5) is 0 Å². The maximum Gasteiger partial charge on any atom is 0.326 e. The fraction of sp³-hybridized carbons (Fsp3) is 0.467. The molecule has 3 atom stereocenters. The molecule has 0 bridgehead atoms. The van der Waals surface area contributed by atoms with Crippen molar-refractivity contribution in [2.45, 2.75) is 31.0 Å². The Morgan fingerprint density at radius 2 is 2.05 bits per heavy atom. The topological polar surface area (TPSA) is 89.9 Å². The molecule has 1 amide bonds. The molecule has 3 N–H and O–H groups in total. The lowest BCUT2D eigenvalue weighted by Crippen LogP contribution is -2.48. The Morgan fingerprint density at radius 1 is 1.29 bits per heavy atom. The molecule has 1 unspecified atom stereocenters. The highest BCUT2D eigenvalue weighted by atomic mass is 16.4. The minimum atomic E-state index is -1.07. The van der Waals surface area contributed by atoms with Gasteiger partial charge in [-0.3, -0.25) is 4.79 Å². The van der Waals surface area contributed by atoms with E-state index in [9.17, 15) is 19.8 Å². The van der Waals surface area contributed by atoms with Gasteiger partial charge in [-0.05, 0) is 17.5 Å². The number of hydrogen-bond donors (Lipinski definition) is 3. The Bertz CT molecular complexity index is 575. The predicted molar refractivity (Wildman–Crippen MR) is 74.7 cm³/mol. The van der Waals surface area contributed by atoms with Crippen molar-refractivity contribution in [2.75, 3.05) is 13.1 Å². The van der Waals surface area contributed by atoms with Crippen molar-refractivity contribution < 1.29 is 19.8 Å². The quantitative estimate of drug-likeness (QED) is 0.709. The van der Waals surface area contributed by atoms with Gasteiger partial charge in [0.1, 0.15) is 12.1 Å². The minimum Gasteiger partial charge on any atom is -0.480 e. The Hall–Kier alpha value is -1.92. The molecule has 112 valence electrons. The van der Waals surface area contributed by atoms with Gasteiger partial charge in [-0.2, -0.15) is 0 Å². The average molecular weight is 290 g/mol. The number of hydrogen-bond acceptors (Lipinski definition) is 4. The highest BCUT2D eigenvalue weighted by molar-refractivity contribution is 5.89. The number of rotatable bonds is 2. The second kappa shape index (κ2) is 5.46. The number of aliphatic hydroxyl groups is 1. The number of aliphatic hydroxyl groups excluding tert-OH is 1. The number of aliphatic carboxylic acids is 1. The van der Waals surface area contributed by atoms with E-state index in [2.05, 4.69) is 5.32 Å². The molecule has 6 heteroatoms. The van der Waals surface area contributed by atoms with Crippen LogP contribution in [0, 0.1) is 0 Å². The summed E-state index contributed by atoms with van der Waals surface area (Å²) in [5, 5.41) is 22.1. The Balaban J connectivity index is 1.87. The van der Waals surface area contributed by atoms with E-state index in [0.29, 0.717) is 6.54 Å². The van der Waals surface area contributed by atoms with Crippen molar-refractivity contribution >= 4 is 11.9 Å². The van der Waals surface area contributed by atoms with Crippen molar-refractivity contribution in [3.63, 3.8) is 0 Å². The number of carboxylic acids is 1. The van der Waals surface area contributed by atoms with E-state index in [1.807, 2.05) is 24.3 Å². The molecule has 0 radical (unpaired) electrons. The van der Waals surface area contributed by atoms with E-state index in [1.165, 1.54) is 4.90 Å². The maximum atomic E-state index is 12.7. The second-order valence-corrected chi connectivity index (χ2v) is 5.57. The minimum absolute atomic E-state index is 0.0795. The zero-order chi connectivity index (χ0) is 15.0. The summed E-state index contributed by atoms with van der Waals surface area (Å²) in [6, 6.07) is 6.23. The molecule has 2 aliphatic heterocycles. The summed E-state index contributed by atoms with van der Waals surface area (Å²) in [5.74, 6) is -1.34. The maximum absolute atomic E-state index is 12.7. The van der Waals surface area contributed by atoms with Crippen molar-refractivity contribution in [2.24, 2.45) is 0 Å². The molecular formula is C15H18N2O4. The zero-order valence-corrected chi connectivity index (χ0v) is 11.5. The van der Waals surface area contributed by atoms with Crippen LogP contribution in [0.15, 0.2) is 24.3 Å². The summed E-state index contributed by atoms with van der Waals surface area (Å²) in [7, 11) is 0. The van der Waals surface area contributed by atoms with Crippen LogP contribution in [0.25, 0.3) is 0 Å². The first-order valence-corrected chi connectivity index (χ1v) is 7.10. The van der Waals surface area contributed by atoms with Crippen LogP contribution < -0.4 is 5.32 Å². The van der Waals surface area contributed by atoms with Gasteiger partial charge in [0, 0.05) is 19.5 Å². The number of β-amino-alcohol motifs (C(OH)–C–C–N with tert-alkyl or cyclic N) is 1. The number of carbonyl (C=O) groups is 2. The molecule has 0 saturated carbocycles. The Morgan fingerprint density at radius 3 is 2.81 bits per heavy atom. The predicted octanol–water partition coefficient (Wildman–Crippen LogP) is -0.0802. The van der Waals surface area contributed by atoms with Gasteiger partial charge in [-0.25, -0.2) is 4.79 Å². The highest BCUT2D eigenvalue weighted by Gasteiger charge is 2.42. The number of amides is 1. The largest absolute Gasteiger partial charge is 0.480 e. The van der Waals surface area contributed by atoms with Crippen LogP contribution in [0.2, 0.25) is 0 Å². The smallest absolute Gasteiger partial charge is 0.326 e. The van der Waals surface area contributed by atoms with Gasteiger partial charge in [-0.1, -0.05) is 24.3 Å². The third kappa shape index (κ3) is 2.52. The van der Waals surface area contributed by atoms with Crippen molar-refractivity contribution in [1.82, 2.24) is 10.2 Å². The van der Waals surface area contributed by atoms with E-state index in [-0.39, 0.29) is 18.9 Å². The molecule has 0 spiro atoms. The zero-order valence-electron chi connectivity index (χ0n) is 11.5. The van der Waals surface area contributed by atoms with Crippen LogP contribution in [-0.2, 0) is 16.0 Å². The van der Waals surface area contributed by atoms with Crippen LogP contribution in [0.5, 0.6) is 0 Å². The van der Waals surface area contributed by atoms with Gasteiger partial charge < -0.3 is 20.4 Å². The van der Waals surface area contributed by atoms with Crippen LogP contribution in [0.1, 0.15) is 23.6 Å². The molecule has 1 aromatic carbocycles. The molecule has 3 rings (SSSR count). The van der Waals surface area contributed by atoms with E-state index in [0.717, 1.165) is 17.5 Å². The molecule has 0 aliphatic carbocycles. The van der Waals surface area contributed by atoms with E-state index >= 15 is 0 Å². The first kappa shape index (κ1) is 14.0. The summed E-state index contributed by atoms with van der Waals surface area (Å²) in [4.78, 5) is 25.3. The van der Waals surface area contributed by atoms with Crippen molar-refractivity contribution in [1.29, 1.82) is 0 Å².